The van der Waals surface area contributed by atoms with Crippen LogP contribution in [0, 0.1) is 6.92 Å². The minimum absolute atomic E-state index is 0.162. The Labute approximate surface area is 158 Å². The molecule has 1 amide bonds. The second-order valence-corrected chi connectivity index (χ2v) is 8.04. The Hall–Kier alpha value is -2.74. The van der Waals surface area contributed by atoms with Crippen LogP contribution in [0.2, 0.25) is 0 Å². The van der Waals surface area contributed by atoms with Crippen molar-refractivity contribution in [1.82, 2.24) is 4.90 Å². The molecule has 1 aliphatic rings. The first-order valence-corrected chi connectivity index (χ1v) is 9.94. The average Bonchev–Trinajstić information content (AvgIpc) is 2.66. The molecule has 0 spiro atoms. The number of carbonyl (C=O) groups excluding carboxylic acids is 1. The van der Waals surface area contributed by atoms with E-state index in [4.69, 9.17) is 9.47 Å². The minimum atomic E-state index is -3.73. The van der Waals surface area contributed by atoms with E-state index in [9.17, 15) is 13.2 Å². The highest BCUT2D eigenvalue weighted by molar-refractivity contribution is 7.92. The van der Waals surface area contributed by atoms with Crippen LogP contribution in [0.3, 0.4) is 0 Å². The molecule has 144 valence electrons. The average molecular weight is 390 g/mol. The first kappa shape index (κ1) is 19.0. The van der Waals surface area contributed by atoms with Gasteiger partial charge in [-0.3, -0.25) is 4.72 Å². The van der Waals surface area contributed by atoms with Crippen molar-refractivity contribution >= 4 is 21.8 Å². The number of hydrogen-bond donors (Lipinski definition) is 1. The number of benzene rings is 2. The number of hydrogen-bond acceptors (Lipinski definition) is 5. The van der Waals surface area contributed by atoms with Crippen LogP contribution in [0.5, 0.6) is 5.75 Å². The Morgan fingerprint density at radius 3 is 2.56 bits per heavy atom. The van der Waals surface area contributed by atoms with E-state index in [1.165, 1.54) is 13.2 Å². The number of nitrogens with one attached hydrogen (secondary N) is 1. The van der Waals surface area contributed by atoms with Gasteiger partial charge in [0.1, 0.15) is 5.75 Å². The molecule has 0 aliphatic carbocycles. The lowest BCUT2D eigenvalue weighted by Crippen LogP contribution is -2.35. The molecule has 8 heteroatoms. The maximum Gasteiger partial charge on any atom is 0.409 e. The smallest absolute Gasteiger partial charge is 0.409 e. The second kappa shape index (κ2) is 7.48. The Morgan fingerprint density at radius 2 is 1.89 bits per heavy atom. The molecule has 27 heavy (non-hydrogen) atoms. The lowest BCUT2D eigenvalue weighted by Gasteiger charge is -2.28. The van der Waals surface area contributed by atoms with Gasteiger partial charge in [-0.1, -0.05) is 6.07 Å². The molecule has 0 atom stereocenters. The molecule has 1 heterocycles. The molecule has 1 aliphatic heterocycles. The van der Waals surface area contributed by atoms with E-state index in [0.717, 1.165) is 16.7 Å². The maximum atomic E-state index is 12.7. The molecule has 0 fully saturated rings. The Kier molecular flexibility index (Phi) is 5.27. The number of sulfonamides is 1. The highest BCUT2D eigenvalue weighted by Crippen LogP contribution is 2.26. The molecule has 1 N–H and O–H groups in total. The van der Waals surface area contributed by atoms with Gasteiger partial charge in [0, 0.05) is 18.8 Å². The van der Waals surface area contributed by atoms with E-state index in [1.807, 2.05) is 6.07 Å². The van der Waals surface area contributed by atoms with Crippen LogP contribution in [0.15, 0.2) is 41.3 Å². The summed E-state index contributed by atoms with van der Waals surface area (Å²) < 4.78 is 38.0. The highest BCUT2D eigenvalue weighted by Gasteiger charge is 2.22. The molecule has 0 bridgehead atoms. The van der Waals surface area contributed by atoms with Crippen LogP contribution < -0.4 is 9.46 Å². The lowest BCUT2D eigenvalue weighted by molar-refractivity contribution is 0.118. The van der Waals surface area contributed by atoms with E-state index in [-0.39, 0.29) is 11.0 Å². The third-order valence-electron chi connectivity index (χ3n) is 4.58. The van der Waals surface area contributed by atoms with Crippen LogP contribution in [-0.2, 0) is 27.7 Å². The summed E-state index contributed by atoms with van der Waals surface area (Å²) >= 11 is 0. The number of fused-ring (bicyclic) bond motifs is 1. The molecule has 0 unspecified atom stereocenters. The molecule has 0 saturated carbocycles. The first-order valence-electron chi connectivity index (χ1n) is 8.46. The number of amides is 1. The fourth-order valence-corrected chi connectivity index (χ4v) is 4.27. The SMILES string of the molecule is COC(=O)N1CCc2ccc(NS(=O)(=O)c3ccc(OC)c(C)c3)cc2C1. The van der Waals surface area contributed by atoms with Crippen molar-refractivity contribution in [3.63, 3.8) is 0 Å². The van der Waals surface area contributed by atoms with E-state index in [2.05, 4.69) is 4.72 Å². The Morgan fingerprint density at radius 1 is 1.11 bits per heavy atom. The molecular formula is C19H22N2O5S. The molecule has 3 rings (SSSR count). The van der Waals surface area contributed by atoms with Gasteiger partial charge in [0.15, 0.2) is 0 Å². The van der Waals surface area contributed by atoms with Gasteiger partial charge in [0.25, 0.3) is 10.0 Å². The normalized spacial score (nSPS) is 13.7. The van der Waals surface area contributed by atoms with Crippen LogP contribution in [0.1, 0.15) is 16.7 Å². The fraction of sp³-hybridized carbons (Fsp3) is 0.316. The van der Waals surface area contributed by atoms with Crippen molar-refractivity contribution in [2.45, 2.75) is 24.8 Å². The lowest BCUT2D eigenvalue weighted by atomic mass is 9.99. The zero-order chi connectivity index (χ0) is 19.6. The molecule has 0 aromatic heterocycles. The summed E-state index contributed by atoms with van der Waals surface area (Å²) in [6.45, 7) is 2.76. The van der Waals surface area contributed by atoms with Crippen molar-refractivity contribution < 1.29 is 22.7 Å². The number of nitrogens with zero attached hydrogens (tertiary/aromatic N) is 1. The second-order valence-electron chi connectivity index (χ2n) is 6.36. The van der Waals surface area contributed by atoms with Crippen LogP contribution in [-0.4, -0.2) is 40.2 Å². The summed E-state index contributed by atoms with van der Waals surface area (Å²) in [5.41, 5.74) is 3.18. The van der Waals surface area contributed by atoms with Gasteiger partial charge >= 0.3 is 6.09 Å². The summed E-state index contributed by atoms with van der Waals surface area (Å²) in [5, 5.41) is 0. The quantitative estimate of drug-likeness (QED) is 0.868. The van der Waals surface area contributed by atoms with Gasteiger partial charge in [0.05, 0.1) is 19.1 Å². The number of methoxy groups -OCH3 is 2. The molecule has 2 aromatic rings. The number of aryl methyl sites for hydroxylation is 1. The van der Waals surface area contributed by atoms with Crippen LogP contribution in [0.4, 0.5) is 10.5 Å². The predicted molar refractivity (Wildman–Crippen MR) is 102 cm³/mol. The monoisotopic (exact) mass is 390 g/mol. The van der Waals surface area contributed by atoms with Crippen molar-refractivity contribution in [2.24, 2.45) is 0 Å². The minimum Gasteiger partial charge on any atom is -0.496 e. The molecular weight excluding hydrogens is 368 g/mol. The van der Waals surface area contributed by atoms with E-state index >= 15 is 0 Å². The van der Waals surface area contributed by atoms with Crippen molar-refractivity contribution in [3.8, 4) is 5.75 Å². The van der Waals surface area contributed by atoms with Gasteiger partial charge < -0.3 is 14.4 Å². The van der Waals surface area contributed by atoms with E-state index in [0.29, 0.717) is 30.9 Å². The van der Waals surface area contributed by atoms with E-state index < -0.39 is 10.0 Å². The van der Waals surface area contributed by atoms with Gasteiger partial charge in [-0.15, -0.1) is 0 Å². The van der Waals surface area contributed by atoms with Gasteiger partial charge in [-0.05, 0) is 60.4 Å². The van der Waals surface area contributed by atoms with Crippen LogP contribution in [0.25, 0.3) is 0 Å². The third kappa shape index (κ3) is 4.00. The number of anilines is 1. The Balaban J connectivity index is 1.84. The third-order valence-corrected chi connectivity index (χ3v) is 5.96. The summed E-state index contributed by atoms with van der Waals surface area (Å²) in [6, 6.07) is 10.1. The van der Waals surface area contributed by atoms with Crippen LogP contribution >= 0.6 is 0 Å². The van der Waals surface area contributed by atoms with Crippen molar-refractivity contribution in [2.75, 3.05) is 25.5 Å². The van der Waals surface area contributed by atoms with Gasteiger partial charge in [-0.25, -0.2) is 13.2 Å². The van der Waals surface area contributed by atoms with E-state index in [1.54, 1.807) is 43.2 Å². The molecule has 0 saturated heterocycles. The summed E-state index contributed by atoms with van der Waals surface area (Å²) in [7, 11) is -0.845. The summed E-state index contributed by atoms with van der Waals surface area (Å²) in [4.78, 5) is 13.5. The van der Waals surface area contributed by atoms with Crippen molar-refractivity contribution in [3.05, 3.63) is 53.1 Å². The molecule has 2 aromatic carbocycles. The number of ether oxygens (including phenoxy) is 2. The molecule has 7 nitrogen and oxygen atoms in total. The maximum absolute atomic E-state index is 12.7. The predicted octanol–water partition coefficient (Wildman–Crippen LogP) is 2.93. The topological polar surface area (TPSA) is 84.9 Å². The summed E-state index contributed by atoms with van der Waals surface area (Å²) in [6.07, 6.45) is 0.315. The summed E-state index contributed by atoms with van der Waals surface area (Å²) in [5.74, 6) is 0.630. The highest BCUT2D eigenvalue weighted by atomic mass is 32.2. The van der Waals surface area contributed by atoms with Gasteiger partial charge in [0.2, 0.25) is 0 Å². The molecule has 0 radical (unpaired) electrons. The Bertz CT molecular complexity index is 972. The fourth-order valence-electron chi connectivity index (χ4n) is 3.14. The number of rotatable bonds is 4. The first-order chi connectivity index (χ1) is 12.8. The standard InChI is InChI=1S/C19H22N2O5S/c1-13-10-17(6-7-18(13)25-2)27(23,24)20-16-5-4-14-8-9-21(19(22)26-3)12-15(14)11-16/h4-7,10-11,20H,8-9,12H2,1-3H3. The van der Waals surface area contributed by atoms with Crippen molar-refractivity contribution in [1.29, 1.82) is 0 Å². The zero-order valence-electron chi connectivity index (χ0n) is 15.5. The zero-order valence-corrected chi connectivity index (χ0v) is 16.3. The number of carbonyl (C=O) groups is 1. The van der Waals surface area contributed by atoms with Gasteiger partial charge in [-0.2, -0.15) is 0 Å². The largest absolute Gasteiger partial charge is 0.496 e.